The van der Waals surface area contributed by atoms with Crippen molar-refractivity contribution in [2.45, 2.75) is 32.6 Å². The van der Waals surface area contributed by atoms with E-state index in [-0.39, 0.29) is 20.6 Å². The Hall–Kier alpha value is -0.440. The van der Waals surface area contributed by atoms with Gasteiger partial charge in [0.05, 0.1) is 27.2 Å². The molecule has 0 aromatic heterocycles. The maximum Gasteiger partial charge on any atom is 0.340 e. The molecule has 2 nitrogen and oxygen atoms in total. The zero-order chi connectivity index (χ0) is 14.7. The highest BCUT2D eigenvalue weighted by atomic mass is 35.5. The molecule has 1 aromatic carbocycles. The van der Waals surface area contributed by atoms with Crippen molar-refractivity contribution in [3.8, 4) is 0 Å². The summed E-state index contributed by atoms with van der Waals surface area (Å²) in [6, 6.07) is 4.13. The van der Waals surface area contributed by atoms with Gasteiger partial charge in [-0.25, -0.2) is 4.79 Å². The first-order chi connectivity index (χ1) is 9.49. The fraction of sp³-hybridized carbons (Fsp3) is 0.533. The Morgan fingerprint density at radius 2 is 2.05 bits per heavy atom. The van der Waals surface area contributed by atoms with Crippen molar-refractivity contribution in [1.29, 1.82) is 0 Å². The summed E-state index contributed by atoms with van der Waals surface area (Å²) in [7, 11) is 0. The largest absolute Gasteiger partial charge is 0.462 e. The van der Waals surface area contributed by atoms with Crippen LogP contribution in [0.3, 0.4) is 0 Å². The summed E-state index contributed by atoms with van der Waals surface area (Å²) in [5.41, 5.74) is 0.0998. The van der Waals surface area contributed by atoms with Crippen LogP contribution in [-0.2, 0) is 4.74 Å². The van der Waals surface area contributed by atoms with Crippen LogP contribution in [0, 0.1) is 17.9 Å². The van der Waals surface area contributed by atoms with E-state index in [1.165, 1.54) is 31.7 Å². The molecule has 0 N–H and O–H groups in total. The zero-order valence-corrected chi connectivity index (χ0v) is 13.5. The van der Waals surface area contributed by atoms with Crippen LogP contribution in [0.5, 0.6) is 0 Å². The highest BCUT2D eigenvalue weighted by Gasteiger charge is 2.23. The van der Waals surface area contributed by atoms with E-state index < -0.39 is 5.97 Å². The van der Waals surface area contributed by atoms with E-state index in [1.54, 1.807) is 0 Å². The normalized spacial score (nSPS) is 17.2. The molecular formula is C15H16Cl3O2. The summed E-state index contributed by atoms with van der Waals surface area (Å²) in [6.07, 6.45) is 4.97. The molecule has 0 spiro atoms. The zero-order valence-electron chi connectivity index (χ0n) is 11.2. The maximum atomic E-state index is 12.0. The molecule has 1 fully saturated rings. The summed E-state index contributed by atoms with van der Waals surface area (Å²) in [5, 5.41) is 0.607. The van der Waals surface area contributed by atoms with Crippen LogP contribution >= 0.6 is 34.8 Å². The van der Waals surface area contributed by atoms with Gasteiger partial charge in [-0.05, 0) is 17.9 Å². The standard InChI is InChI=1S/C15H16Cl3O2/c1-9(10-4-2-3-5-10)8-20-15(19)12-6-11(16)7-13(17)14(12)18/h7,9-10H,2-5,8H2,1H3. The number of benzene rings is 1. The topological polar surface area (TPSA) is 26.3 Å². The van der Waals surface area contributed by atoms with E-state index in [4.69, 9.17) is 39.5 Å². The Labute approximate surface area is 134 Å². The minimum Gasteiger partial charge on any atom is -0.462 e. The highest BCUT2D eigenvalue weighted by molar-refractivity contribution is 6.44. The number of hydrogen-bond donors (Lipinski definition) is 0. The molecule has 0 amide bonds. The summed E-state index contributed by atoms with van der Waals surface area (Å²) in [6.45, 7) is 2.50. The average molecular weight is 335 g/mol. The predicted molar refractivity (Wildman–Crippen MR) is 81.7 cm³/mol. The van der Waals surface area contributed by atoms with Crippen LogP contribution in [0.2, 0.25) is 15.1 Å². The van der Waals surface area contributed by atoms with Crippen molar-refractivity contribution >= 4 is 40.8 Å². The Kier molecular flexibility index (Phi) is 5.59. The fourth-order valence-corrected chi connectivity index (χ4v) is 3.23. The van der Waals surface area contributed by atoms with Gasteiger partial charge in [0.1, 0.15) is 0 Å². The van der Waals surface area contributed by atoms with Crippen LogP contribution in [0.25, 0.3) is 0 Å². The molecule has 20 heavy (non-hydrogen) atoms. The van der Waals surface area contributed by atoms with Gasteiger partial charge in [-0.15, -0.1) is 0 Å². The lowest BCUT2D eigenvalue weighted by Crippen LogP contribution is -2.18. The molecule has 0 saturated heterocycles. The number of halogens is 3. The second kappa shape index (κ2) is 7.02. The van der Waals surface area contributed by atoms with Gasteiger partial charge in [0, 0.05) is 6.07 Å². The summed E-state index contributed by atoms with van der Waals surface area (Å²) in [4.78, 5) is 12.0. The Morgan fingerprint density at radius 3 is 2.70 bits per heavy atom. The Balaban J connectivity index is 1.98. The summed E-state index contributed by atoms with van der Waals surface area (Å²) >= 11 is 17.7. The van der Waals surface area contributed by atoms with Crippen molar-refractivity contribution in [2.75, 3.05) is 6.61 Å². The van der Waals surface area contributed by atoms with Gasteiger partial charge < -0.3 is 4.74 Å². The number of rotatable bonds is 4. The van der Waals surface area contributed by atoms with Gasteiger partial charge in [-0.2, -0.15) is 0 Å². The Bertz CT molecular complexity index is 496. The molecule has 1 unspecified atom stereocenters. The molecule has 1 aliphatic carbocycles. The quantitative estimate of drug-likeness (QED) is 0.542. The second-order valence-corrected chi connectivity index (χ2v) is 6.47. The average Bonchev–Trinajstić information content (AvgIpc) is 2.93. The first-order valence-corrected chi connectivity index (χ1v) is 7.86. The van der Waals surface area contributed by atoms with Gasteiger partial charge in [0.15, 0.2) is 0 Å². The van der Waals surface area contributed by atoms with Crippen LogP contribution in [-0.4, -0.2) is 12.6 Å². The van der Waals surface area contributed by atoms with E-state index in [1.807, 2.05) is 0 Å². The molecule has 109 valence electrons. The lowest BCUT2D eigenvalue weighted by atomic mass is 9.93. The minimum atomic E-state index is -0.524. The molecule has 0 heterocycles. The minimum absolute atomic E-state index is 0.0998. The van der Waals surface area contributed by atoms with Crippen molar-refractivity contribution in [2.24, 2.45) is 11.8 Å². The number of carbonyl (C=O) groups excluding carboxylic acids is 1. The first-order valence-electron chi connectivity index (χ1n) is 6.73. The highest BCUT2D eigenvalue weighted by Crippen LogP contribution is 2.32. The van der Waals surface area contributed by atoms with Gasteiger partial charge in [-0.1, -0.05) is 67.4 Å². The lowest BCUT2D eigenvalue weighted by Gasteiger charge is -2.18. The SMILES string of the molecule is CC(COC(=O)c1[c]c(Cl)cc(Cl)c1Cl)C1CCCC1. The van der Waals surface area contributed by atoms with Crippen molar-refractivity contribution in [3.63, 3.8) is 0 Å². The van der Waals surface area contributed by atoms with Crippen LogP contribution in [0.15, 0.2) is 6.07 Å². The van der Waals surface area contributed by atoms with E-state index in [0.717, 1.165) is 0 Å². The fourth-order valence-electron chi connectivity index (χ4n) is 2.59. The van der Waals surface area contributed by atoms with Crippen molar-refractivity contribution in [1.82, 2.24) is 0 Å². The smallest absolute Gasteiger partial charge is 0.340 e. The third-order valence-electron chi connectivity index (χ3n) is 3.81. The Morgan fingerprint density at radius 1 is 1.40 bits per heavy atom. The lowest BCUT2D eigenvalue weighted by molar-refractivity contribution is 0.0408. The number of hydrogen-bond acceptors (Lipinski definition) is 2. The van der Waals surface area contributed by atoms with Gasteiger partial charge >= 0.3 is 5.97 Å². The third kappa shape index (κ3) is 3.81. The van der Waals surface area contributed by atoms with Gasteiger partial charge in [-0.3, -0.25) is 0 Å². The maximum absolute atomic E-state index is 12.0. The summed E-state index contributed by atoms with van der Waals surface area (Å²) in [5.74, 6) is 0.476. The molecule has 1 saturated carbocycles. The van der Waals surface area contributed by atoms with E-state index in [9.17, 15) is 4.79 Å². The molecule has 1 atom stereocenters. The van der Waals surface area contributed by atoms with Crippen molar-refractivity contribution in [3.05, 3.63) is 32.8 Å². The molecule has 1 aliphatic rings. The number of ether oxygens (including phenoxy) is 1. The van der Waals surface area contributed by atoms with Gasteiger partial charge in [0.2, 0.25) is 0 Å². The van der Waals surface area contributed by atoms with Crippen LogP contribution in [0.1, 0.15) is 43.0 Å². The first kappa shape index (κ1) is 15.9. The molecule has 2 rings (SSSR count). The van der Waals surface area contributed by atoms with Crippen LogP contribution in [0.4, 0.5) is 0 Å². The van der Waals surface area contributed by atoms with E-state index in [2.05, 4.69) is 13.0 Å². The molecule has 1 radical (unpaired) electrons. The second-order valence-electron chi connectivity index (χ2n) is 5.27. The molecule has 0 bridgehead atoms. The monoisotopic (exact) mass is 333 g/mol. The molecular weight excluding hydrogens is 319 g/mol. The molecule has 0 aliphatic heterocycles. The van der Waals surface area contributed by atoms with E-state index >= 15 is 0 Å². The third-order valence-corrected chi connectivity index (χ3v) is 4.80. The van der Waals surface area contributed by atoms with E-state index in [0.29, 0.717) is 18.4 Å². The number of carbonyl (C=O) groups is 1. The number of esters is 1. The summed E-state index contributed by atoms with van der Waals surface area (Å²) < 4.78 is 5.32. The molecule has 1 aromatic rings. The van der Waals surface area contributed by atoms with Crippen molar-refractivity contribution < 1.29 is 9.53 Å². The van der Waals surface area contributed by atoms with Gasteiger partial charge in [0.25, 0.3) is 0 Å². The predicted octanol–water partition coefficient (Wildman–Crippen LogP) is 5.43. The molecule has 5 heteroatoms. The van der Waals surface area contributed by atoms with Crippen LogP contribution < -0.4 is 0 Å².